The number of rotatable bonds is 8. The number of hydrogen-bond acceptors (Lipinski definition) is 10. The molecular formula is C13H19N5O6. The van der Waals surface area contributed by atoms with Gasteiger partial charge in [-0.05, 0) is 13.3 Å². The second-order valence-corrected chi connectivity index (χ2v) is 5.04. The number of carbonyl (C=O) groups is 1. The summed E-state index contributed by atoms with van der Waals surface area (Å²) in [5.74, 6) is -0.909. The molecule has 1 aliphatic heterocycles. The van der Waals surface area contributed by atoms with E-state index in [0.29, 0.717) is 19.8 Å². The largest absolute Gasteiger partial charge is 0.465 e. The van der Waals surface area contributed by atoms with Crippen LogP contribution in [0.1, 0.15) is 13.3 Å². The molecule has 132 valence electrons. The van der Waals surface area contributed by atoms with E-state index < -0.39 is 16.6 Å². The number of ether oxygens (including phenoxy) is 3. The normalized spacial score (nSPS) is 16.6. The molecule has 1 unspecified atom stereocenters. The molecule has 0 amide bonds. The number of nitro groups is 1. The molecule has 0 radical (unpaired) electrons. The Labute approximate surface area is 137 Å². The molecule has 1 aromatic rings. The number of nitrogens with zero attached hydrogens (tertiary/aromatic N) is 3. The van der Waals surface area contributed by atoms with Crippen molar-refractivity contribution in [2.45, 2.75) is 13.3 Å². The van der Waals surface area contributed by atoms with Crippen LogP contribution in [-0.2, 0) is 14.3 Å². The van der Waals surface area contributed by atoms with Crippen LogP contribution in [0.25, 0.3) is 0 Å². The Balaban J connectivity index is 2.11. The lowest BCUT2D eigenvalue weighted by molar-refractivity contribution is -0.383. The summed E-state index contributed by atoms with van der Waals surface area (Å²) in [7, 11) is 0. The first-order valence-electron chi connectivity index (χ1n) is 7.43. The van der Waals surface area contributed by atoms with Crippen LogP contribution in [0.2, 0.25) is 0 Å². The highest BCUT2D eigenvalue weighted by Gasteiger charge is 2.25. The van der Waals surface area contributed by atoms with E-state index in [1.54, 1.807) is 6.92 Å². The molecular weight excluding hydrogens is 322 g/mol. The van der Waals surface area contributed by atoms with Gasteiger partial charge in [0.2, 0.25) is 11.6 Å². The van der Waals surface area contributed by atoms with Crippen LogP contribution in [0.15, 0.2) is 0 Å². The summed E-state index contributed by atoms with van der Waals surface area (Å²) < 4.78 is 15.4. The third kappa shape index (κ3) is 4.65. The fourth-order valence-corrected chi connectivity index (χ4v) is 2.09. The van der Waals surface area contributed by atoms with Gasteiger partial charge >= 0.3 is 17.7 Å². The number of carbonyl (C=O) groups excluding carboxylic acids is 1. The highest BCUT2D eigenvalue weighted by atomic mass is 16.6. The fourth-order valence-electron chi connectivity index (χ4n) is 2.09. The Bertz CT molecular complexity index is 605. The number of esters is 1. The van der Waals surface area contributed by atoms with Crippen molar-refractivity contribution in [1.82, 2.24) is 9.97 Å². The fraction of sp³-hybridized carbons (Fsp3) is 0.615. The third-order valence-corrected chi connectivity index (χ3v) is 3.25. The van der Waals surface area contributed by atoms with Gasteiger partial charge in [-0.1, -0.05) is 0 Å². The molecule has 2 rings (SSSR count). The third-order valence-electron chi connectivity index (χ3n) is 3.25. The van der Waals surface area contributed by atoms with Crippen molar-refractivity contribution in [3.05, 3.63) is 10.1 Å². The molecule has 0 aromatic carbocycles. The minimum atomic E-state index is -0.725. The van der Waals surface area contributed by atoms with Crippen molar-refractivity contribution in [3.8, 4) is 6.01 Å². The van der Waals surface area contributed by atoms with Crippen LogP contribution in [0.5, 0.6) is 6.01 Å². The van der Waals surface area contributed by atoms with E-state index in [4.69, 9.17) is 19.9 Å². The number of nitrogens with one attached hydrogen (secondary N) is 1. The summed E-state index contributed by atoms with van der Waals surface area (Å²) >= 11 is 0. The quantitative estimate of drug-likeness (QED) is 0.385. The summed E-state index contributed by atoms with van der Waals surface area (Å²) in [4.78, 5) is 29.5. The SMILES string of the molecule is CCOC(=O)CNc1nc(OCC2CCOC2)nc(N)c1[N+](=O)[O-]. The maximum atomic E-state index is 11.4. The molecule has 0 bridgehead atoms. The Hall–Kier alpha value is -2.69. The van der Waals surface area contributed by atoms with Crippen molar-refractivity contribution >= 4 is 23.3 Å². The first-order valence-corrected chi connectivity index (χ1v) is 7.43. The average molecular weight is 341 g/mol. The molecule has 1 saturated heterocycles. The first-order chi connectivity index (χ1) is 11.5. The maximum Gasteiger partial charge on any atom is 0.353 e. The van der Waals surface area contributed by atoms with E-state index in [2.05, 4.69) is 15.3 Å². The minimum absolute atomic E-state index is 0.101. The Morgan fingerprint density at radius 2 is 2.33 bits per heavy atom. The summed E-state index contributed by atoms with van der Waals surface area (Å²) in [5.41, 5.74) is 5.10. The predicted octanol–water partition coefficient (Wildman–Crippen LogP) is 0.357. The van der Waals surface area contributed by atoms with E-state index in [-0.39, 0.29) is 36.7 Å². The lowest BCUT2D eigenvalue weighted by atomic mass is 10.1. The molecule has 1 atom stereocenters. The summed E-state index contributed by atoms with van der Waals surface area (Å²) in [6, 6.07) is -0.101. The molecule has 0 aliphatic carbocycles. The lowest BCUT2D eigenvalue weighted by Gasteiger charge is -2.11. The molecule has 2 heterocycles. The van der Waals surface area contributed by atoms with Gasteiger partial charge in [0.15, 0.2) is 0 Å². The predicted molar refractivity (Wildman–Crippen MR) is 82.6 cm³/mol. The van der Waals surface area contributed by atoms with E-state index in [0.717, 1.165) is 6.42 Å². The smallest absolute Gasteiger partial charge is 0.353 e. The van der Waals surface area contributed by atoms with Crippen molar-refractivity contribution < 1.29 is 23.9 Å². The molecule has 24 heavy (non-hydrogen) atoms. The van der Waals surface area contributed by atoms with Gasteiger partial charge in [-0.2, -0.15) is 9.97 Å². The number of nitrogen functional groups attached to an aromatic ring is 1. The van der Waals surface area contributed by atoms with Crippen LogP contribution in [0.4, 0.5) is 17.3 Å². The highest BCUT2D eigenvalue weighted by molar-refractivity contribution is 5.77. The molecule has 3 N–H and O–H groups in total. The number of aromatic nitrogens is 2. The van der Waals surface area contributed by atoms with Gasteiger partial charge in [-0.15, -0.1) is 0 Å². The zero-order valence-corrected chi connectivity index (χ0v) is 13.2. The lowest BCUT2D eigenvalue weighted by Crippen LogP contribution is -2.19. The van der Waals surface area contributed by atoms with E-state index in [1.807, 2.05) is 0 Å². The molecule has 11 nitrogen and oxygen atoms in total. The standard InChI is InChI=1S/C13H19N5O6/c1-2-23-9(19)5-15-12-10(18(20)21)11(14)16-13(17-12)24-7-8-3-4-22-6-8/h8H,2-7H2,1H3,(H3,14,15,16,17). The zero-order chi connectivity index (χ0) is 17.5. The van der Waals surface area contributed by atoms with E-state index in [9.17, 15) is 14.9 Å². The second kappa shape index (κ2) is 8.24. The van der Waals surface area contributed by atoms with Gasteiger partial charge in [-0.3, -0.25) is 14.9 Å². The molecule has 0 spiro atoms. The minimum Gasteiger partial charge on any atom is -0.465 e. The van der Waals surface area contributed by atoms with Crippen LogP contribution >= 0.6 is 0 Å². The number of anilines is 2. The maximum absolute atomic E-state index is 11.4. The van der Waals surface area contributed by atoms with Crippen LogP contribution in [0, 0.1) is 16.0 Å². The van der Waals surface area contributed by atoms with Gasteiger partial charge in [0.05, 0.1) is 24.7 Å². The summed E-state index contributed by atoms with van der Waals surface area (Å²) in [6.45, 7) is 3.13. The number of nitrogens with two attached hydrogens (primary N) is 1. The Kier molecular flexibility index (Phi) is 6.07. The number of hydrogen-bond donors (Lipinski definition) is 2. The first kappa shape index (κ1) is 17.7. The van der Waals surface area contributed by atoms with Crippen molar-refractivity contribution in [1.29, 1.82) is 0 Å². The molecule has 0 saturated carbocycles. The van der Waals surface area contributed by atoms with Gasteiger partial charge in [0, 0.05) is 12.5 Å². The van der Waals surface area contributed by atoms with Crippen molar-refractivity contribution in [2.75, 3.05) is 44.0 Å². The van der Waals surface area contributed by atoms with Gasteiger partial charge < -0.3 is 25.3 Å². The highest BCUT2D eigenvalue weighted by Crippen LogP contribution is 2.29. The van der Waals surface area contributed by atoms with Crippen molar-refractivity contribution in [2.24, 2.45) is 5.92 Å². The second-order valence-electron chi connectivity index (χ2n) is 5.04. The average Bonchev–Trinajstić information content (AvgIpc) is 3.04. The Morgan fingerprint density at radius 1 is 1.54 bits per heavy atom. The monoisotopic (exact) mass is 341 g/mol. The molecule has 1 aromatic heterocycles. The van der Waals surface area contributed by atoms with Crippen LogP contribution < -0.4 is 15.8 Å². The molecule has 1 aliphatic rings. The Morgan fingerprint density at radius 3 is 2.96 bits per heavy atom. The van der Waals surface area contributed by atoms with E-state index >= 15 is 0 Å². The van der Waals surface area contributed by atoms with Crippen LogP contribution in [-0.4, -0.2) is 53.8 Å². The topological polar surface area (TPSA) is 152 Å². The van der Waals surface area contributed by atoms with Gasteiger partial charge in [0.25, 0.3) is 0 Å². The molecule has 1 fully saturated rings. The summed E-state index contributed by atoms with van der Waals surface area (Å²) in [5, 5.41) is 13.7. The van der Waals surface area contributed by atoms with Crippen LogP contribution in [0.3, 0.4) is 0 Å². The van der Waals surface area contributed by atoms with Gasteiger partial charge in [0.1, 0.15) is 6.54 Å². The van der Waals surface area contributed by atoms with Crippen molar-refractivity contribution in [3.63, 3.8) is 0 Å². The van der Waals surface area contributed by atoms with E-state index in [1.165, 1.54) is 0 Å². The van der Waals surface area contributed by atoms with Gasteiger partial charge in [-0.25, -0.2) is 0 Å². The summed E-state index contributed by atoms with van der Waals surface area (Å²) in [6.07, 6.45) is 0.858. The molecule has 11 heteroatoms. The zero-order valence-electron chi connectivity index (χ0n) is 13.2.